The van der Waals surface area contributed by atoms with E-state index < -0.39 is 0 Å². The van der Waals surface area contributed by atoms with E-state index in [2.05, 4.69) is 56.4 Å². The summed E-state index contributed by atoms with van der Waals surface area (Å²) in [6.07, 6.45) is 5.31. The zero-order valence-electron chi connectivity index (χ0n) is 8.76. The van der Waals surface area contributed by atoms with Gasteiger partial charge in [0.2, 0.25) is 0 Å². The van der Waals surface area contributed by atoms with Crippen molar-refractivity contribution >= 4 is 0 Å². The normalized spacial score (nSPS) is 12.1. The molecule has 1 rings (SSSR count). The maximum Gasteiger partial charge on any atom is 0.256 e. The summed E-state index contributed by atoms with van der Waals surface area (Å²) in [5.74, 6) is 1.38. The lowest BCUT2D eigenvalue weighted by molar-refractivity contribution is -0.679. The van der Waals surface area contributed by atoms with Gasteiger partial charge in [-0.2, -0.15) is 0 Å². The number of nitrogens with zero attached hydrogens (tertiary/aromatic N) is 2. The quantitative estimate of drug-likeness (QED) is 0.560. The summed E-state index contributed by atoms with van der Waals surface area (Å²) in [6, 6.07) is 0. The maximum atomic E-state index is 2.26. The predicted molar refractivity (Wildman–Crippen MR) is 49.7 cm³/mol. The van der Waals surface area contributed by atoms with Gasteiger partial charge in [0.15, 0.2) is 0 Å². The molecule has 0 fully saturated rings. The molecule has 0 bridgehead atoms. The Morgan fingerprint density at radius 2 is 2.00 bits per heavy atom. The summed E-state index contributed by atoms with van der Waals surface area (Å²) >= 11 is 0. The molecule has 68 valence electrons. The van der Waals surface area contributed by atoms with Crippen LogP contribution in [0.25, 0.3) is 0 Å². The Bertz CT molecular complexity index is 246. The largest absolute Gasteiger partial charge is 0.256 e. The molecule has 0 saturated heterocycles. The van der Waals surface area contributed by atoms with Crippen molar-refractivity contribution in [1.29, 1.82) is 0 Å². The first kappa shape index (κ1) is 9.30. The fourth-order valence-electron chi connectivity index (χ4n) is 1.34. The van der Waals surface area contributed by atoms with Crippen molar-refractivity contribution in [1.82, 2.24) is 4.57 Å². The molecule has 0 aromatic carbocycles. The van der Waals surface area contributed by atoms with E-state index in [4.69, 9.17) is 0 Å². The first-order valence-electron chi connectivity index (χ1n) is 4.40. The van der Waals surface area contributed by atoms with E-state index in [1.54, 1.807) is 0 Å². The number of imidazole rings is 1. The average Bonchev–Trinajstić information content (AvgIpc) is 2.16. The Hall–Kier alpha value is -0.790. The molecule has 2 nitrogen and oxygen atoms in total. The van der Waals surface area contributed by atoms with Crippen LogP contribution in [0.4, 0.5) is 0 Å². The van der Waals surface area contributed by atoms with Crippen LogP contribution in [0.2, 0.25) is 0 Å². The minimum Gasteiger partial charge on any atom is -0.237 e. The molecule has 1 aromatic rings. The van der Waals surface area contributed by atoms with Gasteiger partial charge in [0.25, 0.3) is 5.82 Å². The van der Waals surface area contributed by atoms with Gasteiger partial charge in [0.1, 0.15) is 12.4 Å². The van der Waals surface area contributed by atoms with Gasteiger partial charge in [-0.3, -0.25) is 0 Å². The lowest BCUT2D eigenvalue weighted by atomic mass is 9.92. The van der Waals surface area contributed by atoms with Gasteiger partial charge in [-0.1, -0.05) is 20.8 Å². The summed E-state index contributed by atoms with van der Waals surface area (Å²) in [4.78, 5) is 0. The Morgan fingerprint density at radius 3 is 2.33 bits per heavy atom. The summed E-state index contributed by atoms with van der Waals surface area (Å²) in [7, 11) is 4.20. The van der Waals surface area contributed by atoms with Crippen LogP contribution in [0.15, 0.2) is 12.4 Å². The smallest absolute Gasteiger partial charge is 0.237 e. The van der Waals surface area contributed by atoms with E-state index in [1.807, 2.05) is 0 Å². The summed E-state index contributed by atoms with van der Waals surface area (Å²) < 4.78 is 4.37. The van der Waals surface area contributed by atoms with Crippen LogP contribution in [0, 0.1) is 5.41 Å². The van der Waals surface area contributed by atoms with Crippen molar-refractivity contribution < 1.29 is 4.57 Å². The molecule has 0 spiro atoms. The van der Waals surface area contributed by atoms with Crippen LogP contribution in [-0.4, -0.2) is 4.57 Å². The second kappa shape index (κ2) is 2.92. The fourth-order valence-corrected chi connectivity index (χ4v) is 1.34. The van der Waals surface area contributed by atoms with Crippen molar-refractivity contribution in [2.24, 2.45) is 19.5 Å². The molecule has 1 aromatic heterocycles. The highest BCUT2D eigenvalue weighted by molar-refractivity contribution is 4.86. The zero-order chi connectivity index (χ0) is 9.35. The third-order valence-electron chi connectivity index (χ3n) is 2.02. The van der Waals surface area contributed by atoms with Crippen LogP contribution in [0.5, 0.6) is 0 Å². The molecule has 0 N–H and O–H groups in total. The van der Waals surface area contributed by atoms with Crippen molar-refractivity contribution in [3.8, 4) is 0 Å². The van der Waals surface area contributed by atoms with Gasteiger partial charge in [-0.25, -0.2) is 9.13 Å². The first-order chi connectivity index (χ1) is 5.40. The molecule has 0 radical (unpaired) electrons. The molecule has 0 saturated carbocycles. The van der Waals surface area contributed by atoms with E-state index in [1.165, 1.54) is 5.82 Å². The van der Waals surface area contributed by atoms with Crippen molar-refractivity contribution in [3.05, 3.63) is 18.2 Å². The summed E-state index contributed by atoms with van der Waals surface area (Å²) in [5, 5.41) is 0. The predicted octanol–water partition coefficient (Wildman–Crippen LogP) is 1.44. The molecule has 0 aliphatic carbocycles. The monoisotopic (exact) mass is 167 g/mol. The Kier molecular flexibility index (Phi) is 2.27. The lowest BCUT2D eigenvalue weighted by Gasteiger charge is -2.15. The Balaban J connectivity index is 2.88. The van der Waals surface area contributed by atoms with Crippen LogP contribution in [0.3, 0.4) is 0 Å². The Morgan fingerprint density at radius 1 is 1.42 bits per heavy atom. The number of aromatic nitrogens is 2. The van der Waals surface area contributed by atoms with Gasteiger partial charge >= 0.3 is 0 Å². The van der Waals surface area contributed by atoms with Crippen LogP contribution >= 0.6 is 0 Å². The SMILES string of the molecule is Cn1cc[n+](C)c1CC(C)(C)C. The van der Waals surface area contributed by atoms with Gasteiger partial charge in [-0.15, -0.1) is 0 Å². The number of aryl methyl sites for hydroxylation is 2. The molecule has 0 unspecified atom stereocenters. The van der Waals surface area contributed by atoms with E-state index >= 15 is 0 Å². The summed E-state index contributed by atoms with van der Waals surface area (Å²) in [6.45, 7) is 6.79. The van der Waals surface area contributed by atoms with E-state index in [0.29, 0.717) is 5.41 Å². The molecule has 12 heavy (non-hydrogen) atoms. The third-order valence-corrected chi connectivity index (χ3v) is 2.02. The second-order valence-corrected chi connectivity index (χ2v) is 4.67. The van der Waals surface area contributed by atoms with Crippen molar-refractivity contribution in [2.75, 3.05) is 0 Å². The average molecular weight is 167 g/mol. The third kappa shape index (κ3) is 2.10. The van der Waals surface area contributed by atoms with Crippen LogP contribution < -0.4 is 4.57 Å². The lowest BCUT2D eigenvalue weighted by Crippen LogP contribution is -2.34. The van der Waals surface area contributed by atoms with Crippen molar-refractivity contribution in [2.45, 2.75) is 27.2 Å². The second-order valence-electron chi connectivity index (χ2n) is 4.67. The van der Waals surface area contributed by atoms with Crippen molar-refractivity contribution in [3.63, 3.8) is 0 Å². The molecule has 1 heterocycles. The number of hydrogen-bond donors (Lipinski definition) is 0. The van der Waals surface area contributed by atoms with Gasteiger partial charge in [0.05, 0.1) is 20.5 Å². The molecule has 0 aliphatic heterocycles. The zero-order valence-corrected chi connectivity index (χ0v) is 8.76. The molecular weight excluding hydrogens is 148 g/mol. The highest BCUT2D eigenvalue weighted by Crippen LogP contribution is 2.17. The minimum absolute atomic E-state index is 0.365. The van der Waals surface area contributed by atoms with Gasteiger partial charge in [-0.05, 0) is 5.41 Å². The highest BCUT2D eigenvalue weighted by Gasteiger charge is 2.20. The maximum absolute atomic E-state index is 2.26. The molecule has 0 atom stereocenters. The van der Waals surface area contributed by atoms with E-state index in [9.17, 15) is 0 Å². The molecular formula is C10H19N2+. The van der Waals surface area contributed by atoms with Crippen LogP contribution in [0.1, 0.15) is 26.6 Å². The minimum atomic E-state index is 0.365. The molecule has 0 amide bonds. The molecule has 2 heteroatoms. The molecule has 0 aliphatic rings. The standard InChI is InChI=1S/C10H19N2/c1-10(2,3)8-9-11(4)6-7-12(9)5/h6-7H,8H2,1-5H3/q+1. The topological polar surface area (TPSA) is 8.81 Å². The fraction of sp³-hybridized carbons (Fsp3) is 0.700. The van der Waals surface area contributed by atoms with E-state index in [-0.39, 0.29) is 0 Å². The first-order valence-corrected chi connectivity index (χ1v) is 4.40. The number of hydrogen-bond acceptors (Lipinski definition) is 0. The Labute approximate surface area is 74.8 Å². The van der Waals surface area contributed by atoms with Crippen LogP contribution in [-0.2, 0) is 20.5 Å². The summed E-state index contributed by atoms with van der Waals surface area (Å²) in [5.41, 5.74) is 0.365. The number of rotatable bonds is 1. The highest BCUT2D eigenvalue weighted by atomic mass is 15.1. The van der Waals surface area contributed by atoms with Gasteiger partial charge in [0, 0.05) is 0 Å². The van der Waals surface area contributed by atoms with E-state index in [0.717, 1.165) is 6.42 Å². The van der Waals surface area contributed by atoms with Gasteiger partial charge < -0.3 is 0 Å².